The summed E-state index contributed by atoms with van der Waals surface area (Å²) in [5.74, 6) is 1.38. The monoisotopic (exact) mass is 460 g/mol. The Morgan fingerprint density at radius 1 is 1.24 bits per heavy atom. The molecule has 1 N–H and O–H groups in total. The molecule has 168 valence electrons. The lowest BCUT2D eigenvalue weighted by molar-refractivity contribution is 0.0954. The third-order valence-corrected chi connectivity index (χ3v) is 6.71. The van der Waals surface area contributed by atoms with Gasteiger partial charge in [0.1, 0.15) is 22.5 Å². The van der Waals surface area contributed by atoms with Crippen molar-refractivity contribution in [3.63, 3.8) is 0 Å². The number of ether oxygens (including phenoxy) is 2. The van der Waals surface area contributed by atoms with Crippen LogP contribution in [0.1, 0.15) is 44.6 Å². The SMILES string of the molecule is Cc1c(CNC(=O)c2cnc(Oc3ccc4c(c3)CC[C@H](c3ccccc3)O4)s2)cnn1C. The Bertz CT molecular complexity index is 1280. The first-order chi connectivity index (χ1) is 16.1. The maximum atomic E-state index is 12.5. The highest BCUT2D eigenvalue weighted by Crippen LogP contribution is 2.38. The Kier molecular flexibility index (Phi) is 5.83. The Hall–Kier alpha value is -3.65. The van der Waals surface area contributed by atoms with E-state index in [1.165, 1.54) is 23.1 Å². The normalized spacial score (nSPS) is 14.9. The van der Waals surface area contributed by atoms with Crippen LogP contribution in [-0.2, 0) is 20.0 Å². The topological polar surface area (TPSA) is 78.3 Å². The van der Waals surface area contributed by atoms with Gasteiger partial charge < -0.3 is 14.8 Å². The van der Waals surface area contributed by atoms with E-state index in [9.17, 15) is 4.79 Å². The molecule has 8 heteroatoms. The van der Waals surface area contributed by atoms with Crippen LogP contribution >= 0.6 is 11.3 Å². The van der Waals surface area contributed by atoms with Gasteiger partial charge in [-0.05, 0) is 49.1 Å². The van der Waals surface area contributed by atoms with E-state index in [1.807, 2.05) is 50.4 Å². The molecule has 5 rings (SSSR count). The van der Waals surface area contributed by atoms with Gasteiger partial charge >= 0.3 is 0 Å². The largest absolute Gasteiger partial charge is 0.485 e. The van der Waals surface area contributed by atoms with Crippen molar-refractivity contribution in [1.82, 2.24) is 20.1 Å². The smallest absolute Gasteiger partial charge is 0.279 e. The van der Waals surface area contributed by atoms with Crippen LogP contribution in [0.25, 0.3) is 0 Å². The van der Waals surface area contributed by atoms with Gasteiger partial charge in [-0.1, -0.05) is 41.7 Å². The zero-order valence-electron chi connectivity index (χ0n) is 18.4. The van der Waals surface area contributed by atoms with Gasteiger partial charge in [0.05, 0.1) is 12.4 Å². The predicted octanol–water partition coefficient (Wildman–Crippen LogP) is 4.97. The summed E-state index contributed by atoms with van der Waals surface area (Å²) in [4.78, 5) is 17.3. The number of nitrogens with one attached hydrogen (secondary N) is 1. The second kappa shape index (κ2) is 9.07. The van der Waals surface area contributed by atoms with Gasteiger partial charge in [0.15, 0.2) is 0 Å². The summed E-state index contributed by atoms with van der Waals surface area (Å²) in [5.41, 5.74) is 4.31. The molecule has 1 aliphatic heterocycles. The van der Waals surface area contributed by atoms with Crippen molar-refractivity contribution in [2.24, 2.45) is 7.05 Å². The minimum Gasteiger partial charge on any atom is -0.485 e. The van der Waals surface area contributed by atoms with Crippen molar-refractivity contribution < 1.29 is 14.3 Å². The number of thiazole rings is 1. The van der Waals surface area contributed by atoms with Crippen molar-refractivity contribution in [2.45, 2.75) is 32.4 Å². The maximum absolute atomic E-state index is 12.5. The second-order valence-electron chi connectivity index (χ2n) is 7.98. The quantitative estimate of drug-likeness (QED) is 0.439. The molecule has 3 heterocycles. The Labute approximate surface area is 196 Å². The van der Waals surface area contributed by atoms with Crippen molar-refractivity contribution in [2.75, 3.05) is 0 Å². The van der Waals surface area contributed by atoms with Gasteiger partial charge in [0.25, 0.3) is 11.1 Å². The van der Waals surface area contributed by atoms with Crippen LogP contribution in [0.4, 0.5) is 0 Å². The van der Waals surface area contributed by atoms with Gasteiger partial charge in [0, 0.05) is 24.8 Å². The predicted molar refractivity (Wildman–Crippen MR) is 126 cm³/mol. The number of aromatic nitrogens is 3. The fourth-order valence-corrected chi connectivity index (χ4v) is 4.52. The number of aryl methyl sites for hydroxylation is 2. The lowest BCUT2D eigenvalue weighted by Gasteiger charge is -2.26. The molecule has 0 unspecified atom stereocenters. The number of carbonyl (C=O) groups excluding carboxylic acids is 1. The number of hydrogen-bond acceptors (Lipinski definition) is 6. The van der Waals surface area contributed by atoms with E-state index in [-0.39, 0.29) is 12.0 Å². The third-order valence-electron chi connectivity index (χ3n) is 5.84. The molecule has 4 aromatic rings. The lowest BCUT2D eigenvalue weighted by Crippen LogP contribution is -2.22. The zero-order valence-corrected chi connectivity index (χ0v) is 19.3. The van der Waals surface area contributed by atoms with Gasteiger partial charge in [-0.3, -0.25) is 9.48 Å². The summed E-state index contributed by atoms with van der Waals surface area (Å²) >= 11 is 1.22. The molecule has 0 bridgehead atoms. The van der Waals surface area contributed by atoms with E-state index in [2.05, 4.69) is 27.5 Å². The molecule has 1 atom stereocenters. The number of nitrogens with zero attached hydrogens (tertiary/aromatic N) is 3. The highest BCUT2D eigenvalue weighted by Gasteiger charge is 2.22. The van der Waals surface area contributed by atoms with Crippen LogP contribution in [0.5, 0.6) is 16.7 Å². The fourth-order valence-electron chi connectivity index (χ4n) is 3.82. The van der Waals surface area contributed by atoms with Crippen LogP contribution in [0, 0.1) is 6.92 Å². The number of rotatable bonds is 6. The summed E-state index contributed by atoms with van der Waals surface area (Å²) in [5, 5.41) is 7.53. The first-order valence-electron chi connectivity index (χ1n) is 10.8. The number of hydrogen-bond donors (Lipinski definition) is 1. The molecular formula is C25H24N4O3S. The summed E-state index contributed by atoms with van der Waals surface area (Å²) in [7, 11) is 1.88. The first-order valence-corrected chi connectivity index (χ1v) is 11.6. The van der Waals surface area contributed by atoms with E-state index in [1.54, 1.807) is 10.9 Å². The van der Waals surface area contributed by atoms with E-state index in [0.717, 1.165) is 35.4 Å². The Balaban J connectivity index is 1.21. The number of carbonyl (C=O) groups is 1. The summed E-state index contributed by atoms with van der Waals surface area (Å²) < 4.78 is 13.9. The van der Waals surface area contributed by atoms with Crippen LogP contribution in [0.3, 0.4) is 0 Å². The number of fused-ring (bicyclic) bond motifs is 1. The van der Waals surface area contributed by atoms with Crippen LogP contribution < -0.4 is 14.8 Å². The number of benzene rings is 2. The molecular weight excluding hydrogens is 436 g/mol. The minimum atomic E-state index is -0.184. The van der Waals surface area contributed by atoms with E-state index in [0.29, 0.717) is 22.4 Å². The third kappa shape index (κ3) is 4.61. The lowest BCUT2D eigenvalue weighted by atomic mass is 9.97. The molecule has 0 aliphatic carbocycles. The number of amides is 1. The molecule has 1 aliphatic rings. The van der Waals surface area contributed by atoms with Crippen LogP contribution in [-0.4, -0.2) is 20.7 Å². The minimum absolute atomic E-state index is 0.0703. The summed E-state index contributed by atoms with van der Waals surface area (Å²) in [6, 6.07) is 16.1. The molecule has 0 radical (unpaired) electrons. The van der Waals surface area contributed by atoms with Crippen molar-refractivity contribution >= 4 is 17.2 Å². The van der Waals surface area contributed by atoms with Gasteiger partial charge in [-0.15, -0.1) is 0 Å². The standard InChI is InChI=1S/C25H24N4O3S/c1-16-19(14-28-29(16)2)13-26-24(30)23-15-27-25(33-23)31-20-9-11-22-18(12-20)8-10-21(32-22)17-6-4-3-5-7-17/h3-7,9,11-12,14-15,21H,8,10,13H2,1-2H3,(H,26,30)/t21-/m1/s1. The van der Waals surface area contributed by atoms with E-state index < -0.39 is 0 Å². The van der Waals surface area contributed by atoms with Crippen molar-refractivity contribution in [3.8, 4) is 16.7 Å². The molecule has 0 saturated carbocycles. The van der Waals surface area contributed by atoms with Gasteiger partial charge in [0.2, 0.25) is 0 Å². The maximum Gasteiger partial charge on any atom is 0.279 e. The first kappa shape index (κ1) is 21.2. The van der Waals surface area contributed by atoms with Crippen molar-refractivity contribution in [1.29, 1.82) is 0 Å². The van der Waals surface area contributed by atoms with E-state index >= 15 is 0 Å². The van der Waals surface area contributed by atoms with Crippen molar-refractivity contribution in [3.05, 3.63) is 88.2 Å². The molecule has 7 nitrogen and oxygen atoms in total. The van der Waals surface area contributed by atoms with Gasteiger partial charge in [-0.25, -0.2) is 4.98 Å². The fraction of sp³-hybridized carbons (Fsp3) is 0.240. The molecule has 0 saturated heterocycles. The molecule has 0 spiro atoms. The average Bonchev–Trinajstić information content (AvgIpc) is 3.44. The van der Waals surface area contributed by atoms with E-state index in [4.69, 9.17) is 9.47 Å². The molecule has 2 aromatic heterocycles. The zero-order chi connectivity index (χ0) is 22.8. The highest BCUT2D eigenvalue weighted by atomic mass is 32.1. The molecule has 0 fully saturated rings. The second-order valence-corrected chi connectivity index (χ2v) is 8.97. The highest BCUT2D eigenvalue weighted by molar-refractivity contribution is 7.15. The Morgan fingerprint density at radius 2 is 2.09 bits per heavy atom. The van der Waals surface area contributed by atoms with Gasteiger partial charge in [-0.2, -0.15) is 5.10 Å². The van der Waals surface area contributed by atoms with Crippen LogP contribution in [0.2, 0.25) is 0 Å². The average molecular weight is 461 g/mol. The van der Waals surface area contributed by atoms with Crippen LogP contribution in [0.15, 0.2) is 60.9 Å². The molecule has 1 amide bonds. The summed E-state index contributed by atoms with van der Waals surface area (Å²) in [6.45, 7) is 2.39. The molecule has 33 heavy (non-hydrogen) atoms. The Morgan fingerprint density at radius 3 is 2.88 bits per heavy atom. The summed E-state index contributed by atoms with van der Waals surface area (Å²) in [6.07, 6.45) is 5.20. The molecule has 2 aromatic carbocycles.